The fourth-order valence-corrected chi connectivity index (χ4v) is 8.70. The Morgan fingerprint density at radius 3 is 1.11 bits per heavy atom. The monoisotopic (exact) mass is 1110 g/mol. The van der Waals surface area contributed by atoms with E-state index in [0.29, 0.717) is 0 Å². The average Bonchev–Trinajstić information content (AvgIpc) is 3.41. The number of benzene rings is 2. The number of carboxylic acids is 2. The highest BCUT2D eigenvalue weighted by molar-refractivity contribution is 5.79. The highest BCUT2D eigenvalue weighted by Crippen LogP contribution is 2.29. The van der Waals surface area contributed by atoms with Crippen LogP contribution in [0, 0.1) is 0 Å². The number of aliphatic carboxylic acids is 2. The molecule has 0 aliphatic rings. The van der Waals surface area contributed by atoms with E-state index in [4.69, 9.17) is 34.3 Å². The molecule has 0 aliphatic heterocycles. The predicted molar refractivity (Wildman–Crippen MR) is 335 cm³/mol. The lowest BCUT2D eigenvalue weighted by Gasteiger charge is -2.22. The molecule has 11 heteroatoms. The normalized spacial score (nSPS) is 13.4. The molecule has 1 atom stereocenters. The summed E-state index contributed by atoms with van der Waals surface area (Å²) >= 11 is 0. The first kappa shape index (κ1) is 72.1. The van der Waals surface area contributed by atoms with E-state index in [-0.39, 0.29) is 0 Å². The Morgan fingerprint density at radius 2 is 0.800 bits per heavy atom. The van der Waals surface area contributed by atoms with Gasteiger partial charge in [-0.25, -0.2) is 4.79 Å². The van der Waals surface area contributed by atoms with Gasteiger partial charge in [0.05, 0.1) is 34.9 Å². The van der Waals surface area contributed by atoms with Crippen LogP contribution in [0.2, 0.25) is 0 Å². The van der Waals surface area contributed by atoms with E-state index < -0.39 is 24.5 Å². The van der Waals surface area contributed by atoms with Crippen LogP contribution in [-0.4, -0.2) is 86.3 Å². The minimum atomic E-state index is -1.79. The molecule has 0 saturated carbocycles. The van der Waals surface area contributed by atoms with Gasteiger partial charge in [0, 0.05) is 32.7 Å². The number of allylic oxidation sites excluding steroid dienone is 17. The molecule has 0 saturated heterocycles. The molecular weight excluding hydrogens is 1000 g/mol. The molecule has 0 bridgehead atoms. The van der Waals surface area contributed by atoms with E-state index >= 15 is 0 Å². The van der Waals surface area contributed by atoms with Gasteiger partial charge in [0.1, 0.15) is 0 Å². The van der Waals surface area contributed by atoms with Gasteiger partial charge in [0.25, 0.3) is 0 Å². The van der Waals surface area contributed by atoms with Gasteiger partial charge in [0.2, 0.25) is 0 Å². The third-order valence-electron chi connectivity index (χ3n) is 13.9. The molecule has 11 nitrogen and oxygen atoms in total. The van der Waals surface area contributed by atoms with Crippen molar-refractivity contribution < 1.29 is 43.9 Å². The number of carboxylic acid groups (broad SMARTS) is 2. The molecule has 4 N–H and O–H groups in total. The van der Waals surface area contributed by atoms with Gasteiger partial charge >= 0.3 is 11.9 Å². The Hall–Kier alpha value is -5.88. The van der Waals surface area contributed by atoms with Crippen LogP contribution >= 0.6 is 0 Å². The Bertz CT molecular complexity index is 2410. The highest BCUT2D eigenvalue weighted by atomic mass is 16.5. The van der Waals surface area contributed by atoms with Gasteiger partial charge in [-0.15, -0.1) is 0 Å². The van der Waals surface area contributed by atoms with Crippen LogP contribution in [0.15, 0.2) is 141 Å². The second kappa shape index (κ2) is 43.9. The summed E-state index contributed by atoms with van der Waals surface area (Å²) in [4.78, 5) is 21.9. The molecule has 2 aromatic rings. The number of nitrogens with one attached hydrogen (secondary N) is 1. The number of hydrogen-bond acceptors (Lipinski definition) is 9. The summed E-state index contributed by atoms with van der Waals surface area (Å²) in [6.07, 6.45) is 37.6. The zero-order valence-corrected chi connectivity index (χ0v) is 52.0. The van der Waals surface area contributed by atoms with Gasteiger partial charge in [-0.3, -0.25) is 9.69 Å². The number of hydrogen-bond donors (Lipinski definition) is 4. The molecule has 0 aliphatic carbocycles. The number of carbonyl (C=O) groups is 2. The lowest BCUT2D eigenvalue weighted by molar-refractivity contribution is -0.152. The summed E-state index contributed by atoms with van der Waals surface area (Å²) in [6.45, 7) is 26.9. The summed E-state index contributed by atoms with van der Waals surface area (Å²) in [6, 6.07) is 12.3. The van der Waals surface area contributed by atoms with Crippen molar-refractivity contribution in [3.8, 4) is 23.0 Å². The largest absolute Gasteiger partial charge is 0.493 e. The summed E-state index contributed by atoms with van der Waals surface area (Å²) in [5.74, 6) is 0.154. The SMILES string of the molecule is COc1ccc(CNCCN(C/C=C(\C)CC/C=C(\C)CC/C=C(\C)CC/C=C(/C)CC/C=C(\C)CC/C=C(\C)CC/C=C(\C)CC/C=C(\C)CCC=C(C)C)Cc2ccc(OC)c(OC)c2)cc1OC.O=C(O)CC(O)C(=O)O. The van der Waals surface area contributed by atoms with Crippen LogP contribution in [0.3, 0.4) is 0 Å². The maximum Gasteiger partial charge on any atom is 0.333 e. The minimum Gasteiger partial charge on any atom is -0.493 e. The molecule has 1 unspecified atom stereocenters. The van der Waals surface area contributed by atoms with Crippen LogP contribution in [0.4, 0.5) is 0 Å². The number of methoxy groups -OCH3 is 4. The van der Waals surface area contributed by atoms with E-state index in [1.165, 1.54) is 75.0 Å². The van der Waals surface area contributed by atoms with E-state index in [9.17, 15) is 9.59 Å². The molecule has 80 heavy (non-hydrogen) atoms. The Balaban J connectivity index is 0.00000325. The smallest absolute Gasteiger partial charge is 0.333 e. The van der Waals surface area contributed by atoms with Crippen LogP contribution in [0.5, 0.6) is 23.0 Å². The molecule has 0 amide bonds. The van der Waals surface area contributed by atoms with Gasteiger partial charge in [-0.2, -0.15) is 0 Å². The van der Waals surface area contributed by atoms with Crippen molar-refractivity contribution in [1.29, 1.82) is 0 Å². The molecule has 0 aromatic heterocycles. The van der Waals surface area contributed by atoms with Crippen molar-refractivity contribution in [2.24, 2.45) is 0 Å². The second-order valence-electron chi connectivity index (χ2n) is 21.7. The maximum atomic E-state index is 9.72. The Kier molecular flexibility index (Phi) is 39.5. The van der Waals surface area contributed by atoms with Gasteiger partial charge in [-0.1, -0.05) is 117 Å². The van der Waals surface area contributed by atoms with E-state index in [0.717, 1.165) is 145 Å². The quantitative estimate of drug-likeness (QED) is 0.0373. The van der Waals surface area contributed by atoms with Crippen molar-refractivity contribution >= 4 is 11.9 Å². The zero-order valence-electron chi connectivity index (χ0n) is 52.0. The maximum absolute atomic E-state index is 9.72. The molecule has 446 valence electrons. The van der Waals surface area contributed by atoms with Crippen molar-refractivity contribution in [2.75, 3.05) is 48.1 Å². The first-order chi connectivity index (χ1) is 38.2. The fourth-order valence-electron chi connectivity index (χ4n) is 8.70. The molecule has 2 aromatic carbocycles. The van der Waals surface area contributed by atoms with E-state index in [1.54, 1.807) is 28.4 Å². The molecule has 2 rings (SSSR count). The lowest BCUT2D eigenvalue weighted by Crippen LogP contribution is -2.32. The van der Waals surface area contributed by atoms with Gasteiger partial charge in [0.15, 0.2) is 29.1 Å². The first-order valence-electron chi connectivity index (χ1n) is 29.1. The zero-order chi connectivity index (χ0) is 59.7. The number of aliphatic hydroxyl groups excluding tert-OH is 1. The van der Waals surface area contributed by atoms with Crippen molar-refractivity contribution in [2.45, 2.75) is 198 Å². The number of rotatable bonds is 40. The van der Waals surface area contributed by atoms with E-state index in [2.05, 4.69) is 152 Å². The van der Waals surface area contributed by atoms with E-state index in [1.807, 2.05) is 18.2 Å². The van der Waals surface area contributed by atoms with Crippen LogP contribution in [-0.2, 0) is 22.7 Å². The van der Waals surface area contributed by atoms with Crippen molar-refractivity contribution in [3.05, 3.63) is 152 Å². The topological polar surface area (TPSA) is 147 Å². The van der Waals surface area contributed by atoms with Gasteiger partial charge < -0.3 is 39.6 Å². The number of nitrogens with zero attached hydrogens (tertiary/aromatic N) is 1. The van der Waals surface area contributed by atoms with Crippen LogP contribution in [0.1, 0.15) is 190 Å². The molecular formula is C69H106N2O9. The lowest BCUT2D eigenvalue weighted by atomic mass is 10.0. The number of ether oxygens (including phenoxy) is 4. The summed E-state index contributed by atoms with van der Waals surface area (Å²) in [7, 11) is 6.71. The Labute approximate surface area is 485 Å². The average molecular weight is 1110 g/mol. The second-order valence-corrected chi connectivity index (χ2v) is 21.7. The fraction of sp³-hybridized carbons (Fsp3) is 0.536. The molecule has 0 heterocycles. The van der Waals surface area contributed by atoms with Crippen LogP contribution < -0.4 is 24.3 Å². The summed E-state index contributed by atoms with van der Waals surface area (Å²) < 4.78 is 22.0. The van der Waals surface area contributed by atoms with Crippen LogP contribution in [0.25, 0.3) is 0 Å². The minimum absolute atomic E-state index is 0.743. The highest BCUT2D eigenvalue weighted by Gasteiger charge is 2.16. The van der Waals surface area contributed by atoms with Gasteiger partial charge in [-0.05, 0) is 207 Å². The summed E-state index contributed by atoms with van der Waals surface area (Å²) in [5, 5.41) is 27.8. The Morgan fingerprint density at radius 1 is 0.475 bits per heavy atom. The summed E-state index contributed by atoms with van der Waals surface area (Å²) in [5.41, 5.74) is 15.8. The standard InChI is InChI=1S/C65H100N2O4.C4H6O5/c1-51(2)23-15-24-52(3)25-16-26-53(4)27-17-28-54(5)29-18-30-55(6)31-19-32-56(7)33-20-34-57(8)35-21-36-58(9)37-22-38-59(10)43-45-67(50-61-40-42-63(69-12)65(48-61)71-14)46-44-66-49-60-39-41-62(68-11)64(47-60)70-13;5-2(4(8)9)1-3(6)7/h23,25,27,29,31,33,35,37,39-43,47-48,66H,15-22,24,26,28,30,32,34,36,38,44-46,49-50H2,1-14H3;2,5H,1H2,(H,6,7)(H,8,9)/b52-25+,53-27+,54-29+,55-31+,56-33-,57-35+,58-37+,59-43+;. The third-order valence-corrected chi connectivity index (χ3v) is 13.9. The van der Waals surface area contributed by atoms with Crippen molar-refractivity contribution in [1.82, 2.24) is 10.2 Å². The molecule has 0 fully saturated rings. The predicted octanol–water partition coefficient (Wildman–Crippen LogP) is 17.0. The number of aliphatic hydroxyl groups is 1. The first-order valence-corrected chi connectivity index (χ1v) is 29.1. The molecule has 0 radical (unpaired) electrons. The third kappa shape index (κ3) is 36.4. The van der Waals surface area contributed by atoms with Crippen molar-refractivity contribution in [3.63, 3.8) is 0 Å². The molecule has 0 spiro atoms.